The molecule has 0 saturated carbocycles. The molecule has 22 heavy (non-hydrogen) atoms. The third-order valence-corrected chi connectivity index (χ3v) is 3.66. The van der Waals surface area contributed by atoms with E-state index in [1.165, 1.54) is 32.1 Å². The minimum atomic E-state index is -0.447. The summed E-state index contributed by atoms with van der Waals surface area (Å²) in [5, 5.41) is 6.52. The van der Waals surface area contributed by atoms with E-state index in [0.717, 1.165) is 0 Å². The van der Waals surface area contributed by atoms with Gasteiger partial charge in [-0.3, -0.25) is 0 Å². The van der Waals surface area contributed by atoms with E-state index in [2.05, 4.69) is 38.3 Å². The maximum atomic E-state index is 11.8. The second-order valence-corrected chi connectivity index (χ2v) is 7.65. The SMILES string of the molecule is CCCCCCC(C)NC(CNC(=O)OC(C)(C)C)C(C)C. The molecule has 2 atom stereocenters. The summed E-state index contributed by atoms with van der Waals surface area (Å²) in [5.74, 6) is 0.466. The van der Waals surface area contributed by atoms with E-state index in [9.17, 15) is 4.79 Å². The highest BCUT2D eigenvalue weighted by atomic mass is 16.6. The third kappa shape index (κ3) is 11.8. The van der Waals surface area contributed by atoms with Gasteiger partial charge < -0.3 is 15.4 Å². The smallest absolute Gasteiger partial charge is 0.407 e. The van der Waals surface area contributed by atoms with Crippen LogP contribution in [0.2, 0.25) is 0 Å². The number of rotatable bonds is 10. The van der Waals surface area contributed by atoms with Crippen LogP contribution in [0.25, 0.3) is 0 Å². The molecule has 4 heteroatoms. The lowest BCUT2D eigenvalue weighted by atomic mass is 10.0. The molecule has 0 bridgehead atoms. The lowest BCUT2D eigenvalue weighted by Crippen LogP contribution is -2.48. The van der Waals surface area contributed by atoms with Crippen molar-refractivity contribution in [3.8, 4) is 0 Å². The number of hydrogen-bond donors (Lipinski definition) is 2. The molecule has 2 unspecified atom stereocenters. The summed E-state index contributed by atoms with van der Waals surface area (Å²) in [5.41, 5.74) is -0.447. The van der Waals surface area contributed by atoms with Crippen LogP contribution in [-0.2, 0) is 4.74 Å². The molecule has 0 aliphatic carbocycles. The van der Waals surface area contributed by atoms with Gasteiger partial charge in [-0.1, -0.05) is 46.5 Å². The Morgan fingerprint density at radius 1 is 1.09 bits per heavy atom. The van der Waals surface area contributed by atoms with Gasteiger partial charge in [0.25, 0.3) is 0 Å². The molecule has 0 heterocycles. The Bertz CT molecular complexity index is 298. The van der Waals surface area contributed by atoms with Crippen LogP contribution in [-0.4, -0.2) is 30.3 Å². The first-order chi connectivity index (χ1) is 10.2. The molecule has 4 nitrogen and oxygen atoms in total. The van der Waals surface area contributed by atoms with Gasteiger partial charge in [-0.05, 0) is 40.0 Å². The average Bonchev–Trinajstić information content (AvgIpc) is 2.37. The first-order valence-electron chi connectivity index (χ1n) is 8.88. The Balaban J connectivity index is 4.12. The summed E-state index contributed by atoms with van der Waals surface area (Å²) in [6, 6.07) is 0.749. The van der Waals surface area contributed by atoms with Crippen molar-refractivity contribution in [1.82, 2.24) is 10.6 Å². The van der Waals surface area contributed by atoms with Crippen molar-refractivity contribution in [3.63, 3.8) is 0 Å². The summed E-state index contributed by atoms with van der Waals surface area (Å²) in [4.78, 5) is 11.8. The number of nitrogens with one attached hydrogen (secondary N) is 2. The number of ether oxygens (including phenoxy) is 1. The third-order valence-electron chi connectivity index (χ3n) is 3.66. The fourth-order valence-electron chi connectivity index (χ4n) is 2.32. The molecule has 0 fully saturated rings. The van der Waals surface area contributed by atoms with E-state index in [1.54, 1.807) is 0 Å². The van der Waals surface area contributed by atoms with Gasteiger partial charge in [0.1, 0.15) is 5.60 Å². The fourth-order valence-corrected chi connectivity index (χ4v) is 2.32. The topological polar surface area (TPSA) is 50.4 Å². The summed E-state index contributed by atoms with van der Waals surface area (Å²) in [6.45, 7) is 15.1. The lowest BCUT2D eigenvalue weighted by molar-refractivity contribution is 0.0518. The van der Waals surface area contributed by atoms with Crippen molar-refractivity contribution in [3.05, 3.63) is 0 Å². The van der Waals surface area contributed by atoms with Gasteiger partial charge in [0, 0.05) is 18.6 Å². The standard InChI is InChI=1S/C18H38N2O2/c1-8-9-10-11-12-15(4)20-16(14(2)3)13-19-17(21)22-18(5,6)7/h14-16,20H,8-13H2,1-7H3,(H,19,21). The molecule has 0 aromatic heterocycles. The van der Waals surface area contributed by atoms with E-state index in [0.29, 0.717) is 18.5 Å². The van der Waals surface area contributed by atoms with Gasteiger partial charge in [-0.15, -0.1) is 0 Å². The van der Waals surface area contributed by atoms with Crippen LogP contribution in [0.3, 0.4) is 0 Å². The van der Waals surface area contributed by atoms with Crippen LogP contribution in [0, 0.1) is 5.92 Å². The molecule has 0 aliphatic heterocycles. The predicted molar refractivity (Wildman–Crippen MR) is 94.2 cm³/mol. The van der Waals surface area contributed by atoms with E-state index in [1.807, 2.05) is 20.8 Å². The first-order valence-corrected chi connectivity index (χ1v) is 8.88. The monoisotopic (exact) mass is 314 g/mol. The van der Waals surface area contributed by atoms with E-state index < -0.39 is 5.60 Å². The van der Waals surface area contributed by atoms with E-state index in [4.69, 9.17) is 4.74 Å². The van der Waals surface area contributed by atoms with Gasteiger partial charge in [0.2, 0.25) is 0 Å². The van der Waals surface area contributed by atoms with Crippen LogP contribution < -0.4 is 10.6 Å². The van der Waals surface area contributed by atoms with Crippen molar-refractivity contribution in [2.45, 2.75) is 98.3 Å². The van der Waals surface area contributed by atoms with Gasteiger partial charge in [-0.25, -0.2) is 4.79 Å². The first kappa shape index (κ1) is 21.2. The molecule has 0 aromatic carbocycles. The molecule has 132 valence electrons. The van der Waals surface area contributed by atoms with Crippen molar-refractivity contribution < 1.29 is 9.53 Å². The second-order valence-electron chi connectivity index (χ2n) is 7.65. The number of alkyl carbamates (subject to hydrolysis) is 1. The lowest BCUT2D eigenvalue weighted by Gasteiger charge is -2.27. The maximum Gasteiger partial charge on any atom is 0.407 e. The van der Waals surface area contributed by atoms with Gasteiger partial charge in [0.05, 0.1) is 0 Å². The van der Waals surface area contributed by atoms with Crippen molar-refractivity contribution in [2.24, 2.45) is 5.92 Å². The van der Waals surface area contributed by atoms with Crippen LogP contribution in [0.5, 0.6) is 0 Å². The molecular weight excluding hydrogens is 276 g/mol. The molecule has 0 saturated heterocycles. The largest absolute Gasteiger partial charge is 0.444 e. The normalized spacial score (nSPS) is 14.7. The molecule has 0 aliphatic rings. The predicted octanol–water partition coefficient (Wildman–Crippen LogP) is 4.48. The zero-order valence-electron chi connectivity index (χ0n) is 15.8. The summed E-state index contributed by atoms with van der Waals surface area (Å²) < 4.78 is 5.29. The second kappa shape index (κ2) is 10.9. The molecule has 1 amide bonds. The summed E-state index contributed by atoms with van der Waals surface area (Å²) in [6.07, 6.45) is 6.03. The molecular formula is C18H38N2O2. The van der Waals surface area contributed by atoms with Gasteiger partial charge in [0.15, 0.2) is 0 Å². The highest BCUT2D eigenvalue weighted by molar-refractivity contribution is 5.67. The highest BCUT2D eigenvalue weighted by Crippen LogP contribution is 2.09. The zero-order chi connectivity index (χ0) is 17.2. The molecule has 0 radical (unpaired) electrons. The Kier molecular flexibility index (Phi) is 10.5. The number of carbonyl (C=O) groups excluding carboxylic acids is 1. The van der Waals surface area contributed by atoms with Crippen molar-refractivity contribution in [1.29, 1.82) is 0 Å². The van der Waals surface area contributed by atoms with Crippen LogP contribution in [0.15, 0.2) is 0 Å². The Labute approximate surface area is 137 Å². The molecule has 0 spiro atoms. The fraction of sp³-hybridized carbons (Fsp3) is 0.944. The van der Waals surface area contributed by atoms with E-state index >= 15 is 0 Å². The van der Waals surface area contributed by atoms with Gasteiger partial charge in [-0.2, -0.15) is 0 Å². The quantitative estimate of drug-likeness (QED) is 0.584. The molecule has 0 rings (SSSR count). The van der Waals surface area contributed by atoms with Crippen molar-refractivity contribution >= 4 is 6.09 Å². The van der Waals surface area contributed by atoms with Crippen LogP contribution in [0.1, 0.15) is 80.6 Å². The Hall–Kier alpha value is -0.770. The zero-order valence-corrected chi connectivity index (χ0v) is 15.8. The minimum absolute atomic E-state index is 0.272. The number of amides is 1. The van der Waals surface area contributed by atoms with E-state index in [-0.39, 0.29) is 12.1 Å². The van der Waals surface area contributed by atoms with Crippen LogP contribution in [0.4, 0.5) is 4.79 Å². The number of hydrogen-bond acceptors (Lipinski definition) is 3. The maximum absolute atomic E-state index is 11.8. The Morgan fingerprint density at radius 2 is 1.73 bits per heavy atom. The van der Waals surface area contributed by atoms with Crippen LogP contribution >= 0.6 is 0 Å². The number of unbranched alkanes of at least 4 members (excludes halogenated alkanes) is 3. The van der Waals surface area contributed by atoms with Gasteiger partial charge >= 0.3 is 6.09 Å². The summed E-state index contributed by atoms with van der Waals surface area (Å²) >= 11 is 0. The molecule has 0 aromatic rings. The summed E-state index contributed by atoms with van der Waals surface area (Å²) in [7, 11) is 0. The number of carbonyl (C=O) groups is 1. The van der Waals surface area contributed by atoms with Crippen molar-refractivity contribution in [2.75, 3.05) is 6.54 Å². The minimum Gasteiger partial charge on any atom is -0.444 e. The molecule has 2 N–H and O–H groups in total. The Morgan fingerprint density at radius 3 is 2.23 bits per heavy atom. The highest BCUT2D eigenvalue weighted by Gasteiger charge is 2.20. The average molecular weight is 315 g/mol.